The third-order valence-corrected chi connectivity index (χ3v) is 2.64. The second-order valence-corrected chi connectivity index (χ2v) is 4.26. The molecule has 0 unspecified atom stereocenters. The topological polar surface area (TPSA) is 9.23 Å². The molecule has 0 aliphatic rings. The Labute approximate surface area is 97.4 Å². The van der Waals surface area contributed by atoms with Gasteiger partial charge in [0.2, 0.25) is 0 Å². The van der Waals surface area contributed by atoms with Crippen molar-refractivity contribution in [2.75, 3.05) is 6.61 Å². The summed E-state index contributed by atoms with van der Waals surface area (Å²) in [5.74, 6) is 0.916. The summed E-state index contributed by atoms with van der Waals surface area (Å²) in [6, 6.07) is 5.77. The van der Waals surface area contributed by atoms with E-state index in [0.29, 0.717) is 0 Å². The van der Waals surface area contributed by atoms with E-state index in [9.17, 15) is 0 Å². The van der Waals surface area contributed by atoms with Gasteiger partial charge in [-0.25, -0.2) is 0 Å². The van der Waals surface area contributed by atoms with Crippen LogP contribution in [0, 0.1) is 6.92 Å². The first-order valence-electron chi connectivity index (χ1n) is 5.63. The van der Waals surface area contributed by atoms with Crippen molar-refractivity contribution >= 4 is 11.6 Å². The van der Waals surface area contributed by atoms with Crippen LogP contribution in [0.3, 0.4) is 0 Å². The Morgan fingerprint density at radius 1 is 1.20 bits per heavy atom. The number of hydrogen-bond donors (Lipinski definition) is 0. The van der Waals surface area contributed by atoms with Crippen LogP contribution < -0.4 is 4.74 Å². The highest BCUT2D eigenvalue weighted by atomic mass is 35.5. The molecule has 1 rings (SSSR count). The van der Waals surface area contributed by atoms with Crippen LogP contribution in [0.15, 0.2) is 18.2 Å². The third kappa shape index (κ3) is 4.57. The van der Waals surface area contributed by atoms with E-state index >= 15 is 0 Å². The molecule has 0 heterocycles. The molecular formula is C13H19ClO. The van der Waals surface area contributed by atoms with Gasteiger partial charge in [-0.05, 0) is 31.0 Å². The lowest BCUT2D eigenvalue weighted by Crippen LogP contribution is -1.98. The quantitative estimate of drug-likeness (QED) is 0.644. The van der Waals surface area contributed by atoms with E-state index in [2.05, 4.69) is 6.92 Å². The van der Waals surface area contributed by atoms with Crippen molar-refractivity contribution < 1.29 is 4.74 Å². The molecule has 0 saturated carbocycles. The summed E-state index contributed by atoms with van der Waals surface area (Å²) >= 11 is 5.90. The number of hydrogen-bond acceptors (Lipinski definition) is 1. The summed E-state index contributed by atoms with van der Waals surface area (Å²) in [6.07, 6.45) is 4.92. The summed E-state index contributed by atoms with van der Waals surface area (Å²) in [5.41, 5.74) is 1.15. The third-order valence-electron chi connectivity index (χ3n) is 2.41. The van der Waals surface area contributed by atoms with Gasteiger partial charge in [0.25, 0.3) is 0 Å². The molecule has 84 valence electrons. The van der Waals surface area contributed by atoms with Crippen molar-refractivity contribution in [1.29, 1.82) is 0 Å². The van der Waals surface area contributed by atoms with Crippen molar-refractivity contribution in [2.24, 2.45) is 0 Å². The molecule has 0 aromatic heterocycles. The molecule has 0 radical (unpaired) electrons. The molecule has 0 atom stereocenters. The van der Waals surface area contributed by atoms with Crippen molar-refractivity contribution in [3.8, 4) is 5.75 Å². The number of halogens is 1. The van der Waals surface area contributed by atoms with E-state index in [1.807, 2.05) is 25.1 Å². The second-order valence-electron chi connectivity index (χ2n) is 3.82. The summed E-state index contributed by atoms with van der Waals surface area (Å²) in [5, 5.41) is 0.740. The Hall–Kier alpha value is -0.690. The first-order valence-corrected chi connectivity index (χ1v) is 6.00. The Morgan fingerprint density at radius 2 is 2.00 bits per heavy atom. The molecule has 0 amide bonds. The molecule has 15 heavy (non-hydrogen) atoms. The fraction of sp³-hybridized carbons (Fsp3) is 0.538. The van der Waals surface area contributed by atoms with E-state index < -0.39 is 0 Å². The Bertz CT molecular complexity index is 297. The molecular weight excluding hydrogens is 208 g/mol. The molecule has 1 aromatic carbocycles. The zero-order valence-corrected chi connectivity index (χ0v) is 10.3. The standard InChI is InChI=1S/C13H19ClO/c1-3-4-5-6-9-15-13-10-12(14)8-7-11(13)2/h7-8,10H,3-6,9H2,1-2H3. The molecule has 1 aromatic rings. The summed E-state index contributed by atoms with van der Waals surface area (Å²) in [7, 11) is 0. The zero-order chi connectivity index (χ0) is 11.1. The van der Waals surface area contributed by atoms with Crippen molar-refractivity contribution in [3.05, 3.63) is 28.8 Å². The van der Waals surface area contributed by atoms with Gasteiger partial charge in [-0.3, -0.25) is 0 Å². The van der Waals surface area contributed by atoms with Crippen LogP contribution in [-0.2, 0) is 0 Å². The number of unbranched alkanes of at least 4 members (excludes halogenated alkanes) is 3. The molecule has 0 bridgehead atoms. The van der Waals surface area contributed by atoms with E-state index in [4.69, 9.17) is 16.3 Å². The molecule has 0 spiro atoms. The van der Waals surface area contributed by atoms with Crippen LogP contribution in [0.5, 0.6) is 5.75 Å². The van der Waals surface area contributed by atoms with Crippen LogP contribution in [0.2, 0.25) is 5.02 Å². The monoisotopic (exact) mass is 226 g/mol. The van der Waals surface area contributed by atoms with Gasteiger partial charge in [0.15, 0.2) is 0 Å². The van der Waals surface area contributed by atoms with Gasteiger partial charge in [-0.2, -0.15) is 0 Å². The maximum Gasteiger partial charge on any atom is 0.123 e. The molecule has 2 heteroatoms. The Balaban J connectivity index is 2.33. The lowest BCUT2D eigenvalue weighted by Gasteiger charge is -2.09. The minimum absolute atomic E-state index is 0.740. The highest BCUT2D eigenvalue weighted by Gasteiger charge is 1.99. The summed E-state index contributed by atoms with van der Waals surface area (Å²) < 4.78 is 5.68. The van der Waals surface area contributed by atoms with Crippen molar-refractivity contribution in [1.82, 2.24) is 0 Å². The predicted octanol–water partition coefficient (Wildman–Crippen LogP) is 4.61. The summed E-state index contributed by atoms with van der Waals surface area (Å²) in [6.45, 7) is 5.04. The number of benzene rings is 1. The fourth-order valence-corrected chi connectivity index (χ4v) is 1.60. The van der Waals surface area contributed by atoms with Gasteiger partial charge in [-0.15, -0.1) is 0 Å². The van der Waals surface area contributed by atoms with Crippen LogP contribution in [0.4, 0.5) is 0 Å². The van der Waals surface area contributed by atoms with Gasteiger partial charge < -0.3 is 4.74 Å². The van der Waals surface area contributed by atoms with Gasteiger partial charge in [0, 0.05) is 5.02 Å². The summed E-state index contributed by atoms with van der Waals surface area (Å²) in [4.78, 5) is 0. The van der Waals surface area contributed by atoms with Crippen molar-refractivity contribution in [3.63, 3.8) is 0 Å². The number of ether oxygens (including phenoxy) is 1. The first kappa shape index (κ1) is 12.4. The fourth-order valence-electron chi connectivity index (χ4n) is 1.44. The zero-order valence-electron chi connectivity index (χ0n) is 9.55. The number of aryl methyl sites for hydroxylation is 1. The van der Waals surface area contributed by atoms with Crippen LogP contribution in [0.1, 0.15) is 38.2 Å². The van der Waals surface area contributed by atoms with E-state index in [0.717, 1.165) is 29.4 Å². The number of rotatable bonds is 6. The van der Waals surface area contributed by atoms with E-state index in [-0.39, 0.29) is 0 Å². The molecule has 1 nitrogen and oxygen atoms in total. The van der Waals surface area contributed by atoms with E-state index in [1.54, 1.807) is 0 Å². The minimum Gasteiger partial charge on any atom is -0.493 e. The van der Waals surface area contributed by atoms with Gasteiger partial charge in [0.05, 0.1) is 6.61 Å². The lowest BCUT2D eigenvalue weighted by atomic mass is 10.2. The maximum absolute atomic E-state index is 5.90. The second kappa shape index (κ2) is 6.73. The van der Waals surface area contributed by atoms with Gasteiger partial charge in [0.1, 0.15) is 5.75 Å². The van der Waals surface area contributed by atoms with Crippen LogP contribution in [0.25, 0.3) is 0 Å². The average molecular weight is 227 g/mol. The lowest BCUT2D eigenvalue weighted by molar-refractivity contribution is 0.303. The molecule has 0 saturated heterocycles. The van der Waals surface area contributed by atoms with E-state index in [1.165, 1.54) is 19.3 Å². The molecule has 0 N–H and O–H groups in total. The largest absolute Gasteiger partial charge is 0.493 e. The van der Waals surface area contributed by atoms with Crippen LogP contribution in [-0.4, -0.2) is 6.61 Å². The predicted molar refractivity (Wildman–Crippen MR) is 65.8 cm³/mol. The SMILES string of the molecule is CCCCCCOc1cc(Cl)ccc1C. The smallest absolute Gasteiger partial charge is 0.123 e. The minimum atomic E-state index is 0.740. The molecule has 0 fully saturated rings. The molecule has 0 aliphatic carbocycles. The first-order chi connectivity index (χ1) is 7.24. The van der Waals surface area contributed by atoms with Crippen molar-refractivity contribution in [2.45, 2.75) is 39.5 Å². The van der Waals surface area contributed by atoms with Crippen LogP contribution >= 0.6 is 11.6 Å². The Kier molecular flexibility index (Phi) is 5.56. The highest BCUT2D eigenvalue weighted by molar-refractivity contribution is 6.30. The normalized spacial score (nSPS) is 10.3. The molecule has 0 aliphatic heterocycles. The Morgan fingerprint density at radius 3 is 2.73 bits per heavy atom. The van der Waals surface area contributed by atoms with Gasteiger partial charge >= 0.3 is 0 Å². The maximum atomic E-state index is 5.90. The average Bonchev–Trinajstić information content (AvgIpc) is 2.23. The highest BCUT2D eigenvalue weighted by Crippen LogP contribution is 2.22. The van der Waals surface area contributed by atoms with Gasteiger partial charge in [-0.1, -0.05) is 43.9 Å².